The average molecular weight is 387 g/mol. The van der Waals surface area contributed by atoms with E-state index in [2.05, 4.69) is 10.0 Å². The van der Waals surface area contributed by atoms with E-state index in [0.29, 0.717) is 36.3 Å². The van der Waals surface area contributed by atoms with E-state index in [1.165, 1.54) is 0 Å². The van der Waals surface area contributed by atoms with Gasteiger partial charge in [-0.15, -0.1) is 11.6 Å². The molecule has 25 heavy (non-hydrogen) atoms. The molecular formula is C17H24Cl2N4O2. The first-order chi connectivity index (χ1) is 12.1. The Bertz CT molecular complexity index is 604. The summed E-state index contributed by atoms with van der Waals surface area (Å²) in [5, 5.41) is 6.50. The molecule has 2 rings (SSSR count). The molecule has 8 heteroatoms. The maximum absolute atomic E-state index is 12.4. The van der Waals surface area contributed by atoms with E-state index in [1.807, 2.05) is 30.0 Å². The molecule has 0 spiro atoms. The minimum absolute atomic E-state index is 0.0851. The van der Waals surface area contributed by atoms with Crippen LogP contribution in [0.2, 0.25) is 5.02 Å². The van der Waals surface area contributed by atoms with Gasteiger partial charge in [-0.3, -0.25) is 9.80 Å². The number of ether oxygens (including phenoxy) is 1. The zero-order chi connectivity index (χ0) is 18.2. The van der Waals surface area contributed by atoms with E-state index in [-0.39, 0.29) is 12.5 Å². The van der Waals surface area contributed by atoms with Crippen molar-refractivity contribution in [1.82, 2.24) is 9.91 Å². The number of hydrazone groups is 1. The number of hydrogen-bond acceptors (Lipinski definition) is 5. The molecule has 0 saturated carbocycles. The summed E-state index contributed by atoms with van der Waals surface area (Å²) in [6.45, 7) is 5.81. The van der Waals surface area contributed by atoms with Crippen LogP contribution in [0.1, 0.15) is 6.92 Å². The number of carbonyl (C=O) groups excluding carboxylic acids is 1. The zero-order valence-electron chi connectivity index (χ0n) is 14.6. The van der Waals surface area contributed by atoms with Crippen molar-refractivity contribution < 1.29 is 9.53 Å². The lowest BCUT2D eigenvalue weighted by molar-refractivity contribution is -0.132. The molecule has 0 aliphatic carbocycles. The predicted molar refractivity (Wildman–Crippen MR) is 103 cm³/mol. The highest BCUT2D eigenvalue weighted by Gasteiger charge is 2.22. The SMILES string of the molecule is CCN(CC(=O)N1CCN(c2ccc(Cl)c(OC)c2)CC1)/N=C\CCl. The first kappa shape index (κ1) is 19.7. The van der Waals surface area contributed by atoms with Gasteiger partial charge in [0.1, 0.15) is 12.3 Å². The highest BCUT2D eigenvalue weighted by molar-refractivity contribution is 6.32. The Morgan fingerprint density at radius 2 is 2.08 bits per heavy atom. The van der Waals surface area contributed by atoms with E-state index in [1.54, 1.807) is 18.3 Å². The Labute approximate surface area is 158 Å². The second kappa shape index (κ2) is 9.73. The van der Waals surface area contributed by atoms with Gasteiger partial charge in [-0.25, -0.2) is 0 Å². The third kappa shape index (κ3) is 5.41. The predicted octanol–water partition coefficient (Wildman–Crippen LogP) is 2.54. The lowest BCUT2D eigenvalue weighted by Gasteiger charge is -2.36. The van der Waals surface area contributed by atoms with Gasteiger partial charge in [0.05, 0.1) is 18.0 Å². The number of halogens is 2. The summed E-state index contributed by atoms with van der Waals surface area (Å²) in [6, 6.07) is 5.74. The second-order valence-corrected chi connectivity index (χ2v) is 6.34. The highest BCUT2D eigenvalue weighted by atomic mass is 35.5. The fourth-order valence-corrected chi connectivity index (χ4v) is 2.95. The molecule has 1 aliphatic rings. The van der Waals surface area contributed by atoms with Crippen LogP contribution < -0.4 is 9.64 Å². The summed E-state index contributed by atoms with van der Waals surface area (Å²) in [7, 11) is 1.60. The van der Waals surface area contributed by atoms with Crippen LogP contribution in [0.4, 0.5) is 5.69 Å². The summed E-state index contributed by atoms with van der Waals surface area (Å²) < 4.78 is 5.27. The monoisotopic (exact) mass is 386 g/mol. The smallest absolute Gasteiger partial charge is 0.243 e. The zero-order valence-corrected chi connectivity index (χ0v) is 16.1. The quantitative estimate of drug-likeness (QED) is 0.410. The minimum atomic E-state index is 0.0851. The molecule has 6 nitrogen and oxygen atoms in total. The number of rotatable bonds is 7. The van der Waals surface area contributed by atoms with Crippen molar-refractivity contribution in [2.75, 3.05) is 57.2 Å². The van der Waals surface area contributed by atoms with Gasteiger partial charge in [-0.05, 0) is 19.1 Å². The Balaban J connectivity index is 1.90. The highest BCUT2D eigenvalue weighted by Crippen LogP contribution is 2.29. The first-order valence-electron chi connectivity index (χ1n) is 8.28. The average Bonchev–Trinajstić information content (AvgIpc) is 2.65. The third-order valence-corrected chi connectivity index (χ3v) is 4.58. The summed E-state index contributed by atoms with van der Waals surface area (Å²) in [4.78, 5) is 16.5. The van der Waals surface area contributed by atoms with Gasteiger partial charge in [0.2, 0.25) is 5.91 Å². The number of methoxy groups -OCH3 is 1. The van der Waals surface area contributed by atoms with Crippen molar-refractivity contribution in [3.8, 4) is 5.75 Å². The van der Waals surface area contributed by atoms with Crippen LogP contribution in [0.25, 0.3) is 0 Å². The normalized spacial score (nSPS) is 14.9. The fraction of sp³-hybridized carbons (Fsp3) is 0.529. The van der Waals surface area contributed by atoms with Crippen LogP contribution in [0.15, 0.2) is 23.3 Å². The van der Waals surface area contributed by atoms with Crippen molar-refractivity contribution in [2.45, 2.75) is 6.92 Å². The topological polar surface area (TPSA) is 48.4 Å². The van der Waals surface area contributed by atoms with Gasteiger partial charge in [-0.1, -0.05) is 11.6 Å². The Morgan fingerprint density at radius 3 is 2.68 bits per heavy atom. The minimum Gasteiger partial charge on any atom is -0.495 e. The van der Waals surface area contributed by atoms with E-state index in [9.17, 15) is 4.79 Å². The van der Waals surface area contributed by atoms with Crippen molar-refractivity contribution in [3.05, 3.63) is 23.2 Å². The molecule has 0 radical (unpaired) electrons. The number of likely N-dealkylation sites (N-methyl/N-ethyl adjacent to an activating group) is 1. The maximum Gasteiger partial charge on any atom is 0.243 e. The molecule has 0 unspecified atom stereocenters. The number of carbonyl (C=O) groups is 1. The Hall–Kier alpha value is -1.66. The van der Waals surface area contributed by atoms with Crippen LogP contribution in [0.3, 0.4) is 0 Å². The van der Waals surface area contributed by atoms with E-state index < -0.39 is 0 Å². The Morgan fingerprint density at radius 1 is 1.36 bits per heavy atom. The van der Waals surface area contributed by atoms with Gasteiger partial charge < -0.3 is 14.5 Å². The van der Waals surface area contributed by atoms with Gasteiger partial charge in [0.15, 0.2) is 0 Å². The molecule has 138 valence electrons. The van der Waals surface area contributed by atoms with Crippen LogP contribution in [-0.2, 0) is 4.79 Å². The van der Waals surface area contributed by atoms with Gasteiger partial charge in [0, 0.05) is 50.7 Å². The summed E-state index contributed by atoms with van der Waals surface area (Å²) in [6.07, 6.45) is 1.60. The first-order valence-corrected chi connectivity index (χ1v) is 9.19. The maximum atomic E-state index is 12.4. The molecule has 0 bridgehead atoms. The molecule has 0 N–H and O–H groups in total. The molecule has 1 saturated heterocycles. The van der Waals surface area contributed by atoms with Crippen LogP contribution in [-0.4, -0.2) is 74.3 Å². The molecule has 1 aromatic carbocycles. The van der Waals surface area contributed by atoms with Gasteiger partial charge >= 0.3 is 0 Å². The number of anilines is 1. The summed E-state index contributed by atoms with van der Waals surface area (Å²) in [5.41, 5.74) is 1.05. The van der Waals surface area contributed by atoms with Crippen molar-refractivity contribution in [1.29, 1.82) is 0 Å². The van der Waals surface area contributed by atoms with E-state index in [0.717, 1.165) is 18.8 Å². The van der Waals surface area contributed by atoms with Crippen molar-refractivity contribution in [2.24, 2.45) is 5.10 Å². The number of piperazine rings is 1. The standard InChI is InChI=1S/C17H24Cl2N4O2/c1-3-23(20-7-6-18)13-17(24)22-10-8-21(9-11-22)14-4-5-15(19)16(12-14)25-2/h4-5,7,12H,3,6,8-11,13H2,1-2H3/b20-7-. The molecule has 1 aliphatic heterocycles. The number of benzene rings is 1. The molecule has 1 aromatic rings. The summed E-state index contributed by atoms with van der Waals surface area (Å²) >= 11 is 11.7. The van der Waals surface area contributed by atoms with Gasteiger partial charge in [0.25, 0.3) is 0 Å². The lowest BCUT2D eigenvalue weighted by atomic mass is 10.2. The molecule has 0 aromatic heterocycles. The molecule has 1 heterocycles. The van der Waals surface area contributed by atoms with Crippen LogP contribution >= 0.6 is 23.2 Å². The number of nitrogens with zero attached hydrogens (tertiary/aromatic N) is 4. The van der Waals surface area contributed by atoms with Crippen LogP contribution in [0, 0.1) is 0 Å². The Kier molecular flexibility index (Phi) is 7.65. The second-order valence-electron chi connectivity index (χ2n) is 5.62. The van der Waals surface area contributed by atoms with Gasteiger partial charge in [-0.2, -0.15) is 5.10 Å². The van der Waals surface area contributed by atoms with E-state index >= 15 is 0 Å². The van der Waals surface area contributed by atoms with E-state index in [4.69, 9.17) is 27.9 Å². The summed E-state index contributed by atoms with van der Waals surface area (Å²) in [5.74, 6) is 1.09. The number of amides is 1. The van der Waals surface area contributed by atoms with Crippen molar-refractivity contribution in [3.63, 3.8) is 0 Å². The number of alkyl halides is 1. The van der Waals surface area contributed by atoms with Crippen LogP contribution in [0.5, 0.6) is 5.75 Å². The largest absolute Gasteiger partial charge is 0.495 e. The van der Waals surface area contributed by atoms with Crippen molar-refractivity contribution >= 4 is 41.0 Å². The molecular weight excluding hydrogens is 363 g/mol. The molecule has 1 fully saturated rings. The third-order valence-electron chi connectivity index (χ3n) is 4.13. The lowest BCUT2D eigenvalue weighted by Crippen LogP contribution is -2.51. The molecule has 1 amide bonds. The number of hydrogen-bond donors (Lipinski definition) is 0. The molecule has 0 atom stereocenters. The fourth-order valence-electron chi connectivity index (χ4n) is 2.70.